The fourth-order valence-electron chi connectivity index (χ4n) is 4.15. The average Bonchev–Trinajstić information content (AvgIpc) is 3.23. The van der Waals surface area contributed by atoms with Crippen LogP contribution in [0, 0.1) is 0 Å². The van der Waals surface area contributed by atoms with Gasteiger partial charge < -0.3 is 15.5 Å². The van der Waals surface area contributed by atoms with E-state index in [0.717, 1.165) is 55.0 Å². The first kappa shape index (κ1) is 21.3. The van der Waals surface area contributed by atoms with Gasteiger partial charge in [-0.2, -0.15) is 20.1 Å². The highest BCUT2D eigenvalue weighted by Gasteiger charge is 2.19. The second-order valence-electron chi connectivity index (χ2n) is 8.49. The van der Waals surface area contributed by atoms with E-state index in [1.807, 2.05) is 31.2 Å². The zero-order valence-electron chi connectivity index (χ0n) is 18.6. The summed E-state index contributed by atoms with van der Waals surface area (Å²) in [5.74, 6) is 2.03. The molecule has 0 bridgehead atoms. The van der Waals surface area contributed by atoms with E-state index in [1.165, 1.54) is 51.4 Å². The number of nitrogens with zero attached hydrogens (tertiary/aromatic N) is 6. The SMILES string of the molecule is CC(=NNc1nc(N2CCCCCC2)nc(N2CCCCCC2)n1)c1ccc(N)cc1. The van der Waals surface area contributed by atoms with Crippen molar-refractivity contribution in [2.45, 2.75) is 58.3 Å². The van der Waals surface area contributed by atoms with Gasteiger partial charge in [-0.15, -0.1) is 0 Å². The summed E-state index contributed by atoms with van der Waals surface area (Å²) >= 11 is 0. The molecule has 0 amide bonds. The average molecular weight is 423 g/mol. The fraction of sp³-hybridized carbons (Fsp3) is 0.565. The van der Waals surface area contributed by atoms with Crippen LogP contribution in [0.4, 0.5) is 23.5 Å². The van der Waals surface area contributed by atoms with Crippen LogP contribution < -0.4 is 21.0 Å². The molecule has 3 heterocycles. The van der Waals surface area contributed by atoms with Crippen molar-refractivity contribution in [2.75, 3.05) is 47.1 Å². The predicted octanol–water partition coefficient (Wildman–Crippen LogP) is 4.05. The molecule has 1 aromatic carbocycles. The Balaban J connectivity index is 1.60. The maximum atomic E-state index is 5.80. The van der Waals surface area contributed by atoms with Gasteiger partial charge in [-0.3, -0.25) is 0 Å². The molecule has 0 saturated carbocycles. The third-order valence-electron chi connectivity index (χ3n) is 6.04. The molecular formula is C23H34N8. The van der Waals surface area contributed by atoms with Crippen molar-refractivity contribution >= 4 is 29.2 Å². The van der Waals surface area contributed by atoms with E-state index >= 15 is 0 Å². The Morgan fingerprint density at radius 1 is 0.774 bits per heavy atom. The second kappa shape index (κ2) is 10.4. The molecule has 2 fully saturated rings. The van der Waals surface area contributed by atoms with Gasteiger partial charge >= 0.3 is 0 Å². The van der Waals surface area contributed by atoms with Crippen molar-refractivity contribution in [1.29, 1.82) is 0 Å². The zero-order chi connectivity index (χ0) is 21.5. The van der Waals surface area contributed by atoms with Gasteiger partial charge in [0.2, 0.25) is 17.8 Å². The van der Waals surface area contributed by atoms with Crippen LogP contribution in [-0.2, 0) is 0 Å². The van der Waals surface area contributed by atoms with Crippen LogP contribution in [0.3, 0.4) is 0 Å². The van der Waals surface area contributed by atoms with Crippen molar-refractivity contribution < 1.29 is 0 Å². The van der Waals surface area contributed by atoms with Gasteiger partial charge in [-0.05, 0) is 50.3 Å². The van der Waals surface area contributed by atoms with E-state index in [2.05, 4.69) is 20.3 Å². The Kier molecular flexibility index (Phi) is 7.17. The van der Waals surface area contributed by atoms with E-state index in [-0.39, 0.29) is 0 Å². The smallest absolute Gasteiger partial charge is 0.250 e. The van der Waals surface area contributed by atoms with Crippen molar-refractivity contribution in [3.05, 3.63) is 29.8 Å². The molecular weight excluding hydrogens is 388 g/mol. The summed E-state index contributed by atoms with van der Waals surface area (Å²) in [6.07, 6.45) is 9.83. The summed E-state index contributed by atoms with van der Waals surface area (Å²) in [5, 5.41) is 4.54. The van der Waals surface area contributed by atoms with Crippen LogP contribution in [0.25, 0.3) is 0 Å². The van der Waals surface area contributed by atoms with Gasteiger partial charge in [-0.1, -0.05) is 37.8 Å². The molecule has 3 N–H and O–H groups in total. The lowest BCUT2D eigenvalue weighted by molar-refractivity contribution is 0.726. The molecule has 31 heavy (non-hydrogen) atoms. The Hall–Kier alpha value is -2.90. The zero-order valence-corrected chi connectivity index (χ0v) is 18.6. The van der Waals surface area contributed by atoms with Gasteiger partial charge in [0.05, 0.1) is 5.71 Å². The summed E-state index contributed by atoms with van der Waals surface area (Å²) in [7, 11) is 0. The van der Waals surface area contributed by atoms with E-state index in [1.54, 1.807) is 0 Å². The number of anilines is 4. The van der Waals surface area contributed by atoms with E-state index in [0.29, 0.717) is 5.95 Å². The minimum Gasteiger partial charge on any atom is -0.399 e. The fourth-order valence-corrected chi connectivity index (χ4v) is 4.15. The van der Waals surface area contributed by atoms with E-state index in [4.69, 9.17) is 20.7 Å². The summed E-state index contributed by atoms with van der Waals surface area (Å²) in [6, 6.07) is 7.70. The predicted molar refractivity (Wildman–Crippen MR) is 128 cm³/mol. The monoisotopic (exact) mass is 422 g/mol. The molecule has 4 rings (SSSR count). The summed E-state index contributed by atoms with van der Waals surface area (Å²) < 4.78 is 0. The molecule has 0 aliphatic carbocycles. The van der Waals surface area contributed by atoms with Gasteiger partial charge in [0, 0.05) is 31.9 Å². The number of hydrazone groups is 1. The molecule has 2 aromatic rings. The highest BCUT2D eigenvalue weighted by atomic mass is 15.4. The maximum absolute atomic E-state index is 5.80. The number of benzene rings is 1. The van der Waals surface area contributed by atoms with Gasteiger partial charge in [0.1, 0.15) is 0 Å². The number of aromatic nitrogens is 3. The first-order valence-corrected chi connectivity index (χ1v) is 11.6. The standard InChI is InChI=1S/C23H34N8/c1-18(19-10-12-20(24)13-11-19)28-29-21-25-22(30-14-6-2-3-7-15-30)27-23(26-21)31-16-8-4-5-9-17-31/h10-13H,2-9,14-17,24H2,1H3,(H,25,26,27,29). The molecule has 0 spiro atoms. The van der Waals surface area contributed by atoms with Gasteiger partial charge in [-0.25, -0.2) is 5.43 Å². The molecule has 8 nitrogen and oxygen atoms in total. The number of hydrogen-bond donors (Lipinski definition) is 2. The van der Waals surface area contributed by atoms with E-state index in [9.17, 15) is 0 Å². The lowest BCUT2D eigenvalue weighted by Crippen LogP contribution is -2.30. The van der Waals surface area contributed by atoms with E-state index < -0.39 is 0 Å². The van der Waals surface area contributed by atoms with Crippen LogP contribution in [0.5, 0.6) is 0 Å². The van der Waals surface area contributed by atoms with Crippen molar-refractivity contribution in [1.82, 2.24) is 15.0 Å². The van der Waals surface area contributed by atoms with Crippen LogP contribution in [0.2, 0.25) is 0 Å². The third kappa shape index (κ3) is 5.83. The Labute approximate surface area is 185 Å². The lowest BCUT2D eigenvalue weighted by atomic mass is 10.1. The molecule has 0 atom stereocenters. The Bertz CT molecular complexity index is 825. The first-order valence-electron chi connectivity index (χ1n) is 11.6. The number of nitrogen functional groups attached to an aromatic ring is 1. The number of nitrogens with two attached hydrogens (primary N) is 1. The van der Waals surface area contributed by atoms with Crippen LogP contribution in [0.15, 0.2) is 29.4 Å². The Morgan fingerprint density at radius 2 is 1.26 bits per heavy atom. The van der Waals surface area contributed by atoms with Crippen molar-refractivity contribution in [2.24, 2.45) is 5.10 Å². The first-order chi connectivity index (χ1) is 15.2. The highest BCUT2D eigenvalue weighted by Crippen LogP contribution is 2.22. The summed E-state index contributed by atoms with van der Waals surface area (Å²) in [6.45, 7) is 5.95. The number of rotatable bonds is 5. The molecule has 2 aliphatic rings. The molecule has 0 radical (unpaired) electrons. The number of hydrogen-bond acceptors (Lipinski definition) is 8. The molecule has 0 unspecified atom stereocenters. The van der Waals surface area contributed by atoms with Crippen molar-refractivity contribution in [3.8, 4) is 0 Å². The largest absolute Gasteiger partial charge is 0.399 e. The minimum absolute atomic E-state index is 0.503. The van der Waals surface area contributed by atoms with Gasteiger partial charge in [0.25, 0.3) is 0 Å². The quantitative estimate of drug-likeness (QED) is 0.426. The number of nitrogens with one attached hydrogen (secondary N) is 1. The topological polar surface area (TPSA) is 95.6 Å². The van der Waals surface area contributed by atoms with Crippen LogP contribution >= 0.6 is 0 Å². The summed E-state index contributed by atoms with van der Waals surface area (Å²) in [4.78, 5) is 19.0. The maximum Gasteiger partial charge on any atom is 0.250 e. The van der Waals surface area contributed by atoms with Crippen LogP contribution in [-0.4, -0.2) is 46.8 Å². The molecule has 2 saturated heterocycles. The minimum atomic E-state index is 0.503. The molecule has 1 aromatic heterocycles. The summed E-state index contributed by atoms with van der Waals surface area (Å²) in [5.41, 5.74) is 11.5. The molecule has 166 valence electrons. The van der Waals surface area contributed by atoms with Crippen LogP contribution in [0.1, 0.15) is 63.9 Å². The van der Waals surface area contributed by atoms with Gasteiger partial charge in [0.15, 0.2) is 0 Å². The third-order valence-corrected chi connectivity index (χ3v) is 6.04. The molecule has 2 aliphatic heterocycles. The highest BCUT2D eigenvalue weighted by molar-refractivity contribution is 5.99. The second-order valence-corrected chi connectivity index (χ2v) is 8.49. The normalized spacial score (nSPS) is 18.4. The van der Waals surface area contributed by atoms with Crippen molar-refractivity contribution in [3.63, 3.8) is 0 Å². The Morgan fingerprint density at radius 3 is 1.74 bits per heavy atom. The lowest BCUT2D eigenvalue weighted by Gasteiger charge is -2.24. The molecule has 8 heteroatoms.